The molecule has 3 aliphatic rings. The third-order valence-electron chi connectivity index (χ3n) is 6.27. The maximum atomic E-state index is 13.1. The number of sulfonamides is 1. The van der Waals surface area contributed by atoms with Crippen LogP contribution in [-0.4, -0.2) is 85.1 Å². The molecule has 1 aliphatic carbocycles. The normalized spacial score (nSPS) is 21.9. The molecule has 0 atom stereocenters. The molecule has 2 saturated heterocycles. The minimum Gasteiger partial charge on any atom is -0.339 e. The van der Waals surface area contributed by atoms with Crippen LogP contribution in [0.3, 0.4) is 0 Å². The van der Waals surface area contributed by atoms with E-state index in [1.54, 1.807) is 28.1 Å². The molecular formula is C20H29N3O4S3. The lowest BCUT2D eigenvalue weighted by Crippen LogP contribution is -2.51. The molecule has 3 fully saturated rings. The minimum atomic E-state index is -3.65. The predicted octanol–water partition coefficient (Wildman–Crippen LogP) is 2.35. The van der Waals surface area contributed by atoms with Gasteiger partial charge in [0.25, 0.3) is 5.91 Å². The summed E-state index contributed by atoms with van der Waals surface area (Å²) in [5.74, 6) is 2.03. The number of piperazine rings is 1. The number of carbonyl (C=O) groups is 2. The molecule has 0 unspecified atom stereocenters. The topological polar surface area (TPSA) is 78.0 Å². The molecule has 1 aromatic rings. The molecule has 2 amide bonds. The first-order valence-corrected chi connectivity index (χ1v) is 14.2. The summed E-state index contributed by atoms with van der Waals surface area (Å²) in [6, 6.07) is 1.55. The predicted molar refractivity (Wildman–Crippen MR) is 119 cm³/mol. The Morgan fingerprint density at radius 3 is 2.27 bits per heavy atom. The van der Waals surface area contributed by atoms with Crippen molar-refractivity contribution in [2.24, 2.45) is 5.92 Å². The standard InChI is InChI=1S/C20H29N3O4S3/c24-18(15-16-3-1-2-4-16)21-6-8-22(9-7-21)20(25)19-17(5-12-29-19)30(26,27)23-10-13-28-14-11-23/h5,12,16H,1-4,6-11,13-15H2. The summed E-state index contributed by atoms with van der Waals surface area (Å²) in [5.41, 5.74) is 0. The SMILES string of the molecule is O=C(CC1CCCC1)N1CCN(C(=O)c2sccc2S(=O)(=O)N2CCSCC2)CC1. The first kappa shape index (κ1) is 22.1. The summed E-state index contributed by atoms with van der Waals surface area (Å²) >= 11 is 2.93. The van der Waals surface area contributed by atoms with E-state index in [2.05, 4.69) is 0 Å². The van der Waals surface area contributed by atoms with Crippen molar-refractivity contribution in [3.05, 3.63) is 16.3 Å². The largest absolute Gasteiger partial charge is 0.339 e. The van der Waals surface area contributed by atoms with Gasteiger partial charge in [0.05, 0.1) is 0 Å². The Labute approximate surface area is 186 Å². The number of amides is 2. The highest BCUT2D eigenvalue weighted by atomic mass is 32.2. The van der Waals surface area contributed by atoms with Crippen molar-refractivity contribution >= 4 is 44.9 Å². The van der Waals surface area contributed by atoms with E-state index in [0.717, 1.165) is 24.3 Å². The van der Waals surface area contributed by atoms with Gasteiger partial charge in [0.15, 0.2) is 0 Å². The number of carbonyl (C=O) groups excluding carboxylic acids is 2. The van der Waals surface area contributed by atoms with Crippen LogP contribution < -0.4 is 0 Å². The van der Waals surface area contributed by atoms with Gasteiger partial charge in [0.2, 0.25) is 15.9 Å². The van der Waals surface area contributed by atoms with Crippen LogP contribution in [0.25, 0.3) is 0 Å². The fraction of sp³-hybridized carbons (Fsp3) is 0.700. The molecule has 0 spiro atoms. The van der Waals surface area contributed by atoms with Gasteiger partial charge in [0.1, 0.15) is 9.77 Å². The Hall–Kier alpha value is -1.10. The van der Waals surface area contributed by atoms with Crippen LogP contribution in [0.5, 0.6) is 0 Å². The van der Waals surface area contributed by atoms with E-state index in [1.807, 2.05) is 4.90 Å². The summed E-state index contributed by atoms with van der Waals surface area (Å²) in [7, 11) is -3.65. The average Bonchev–Trinajstić information content (AvgIpc) is 3.46. The Balaban J connectivity index is 1.38. The number of thiophene rings is 1. The lowest BCUT2D eigenvalue weighted by atomic mass is 10.0. The molecule has 30 heavy (non-hydrogen) atoms. The van der Waals surface area contributed by atoms with Gasteiger partial charge in [-0.1, -0.05) is 12.8 Å². The van der Waals surface area contributed by atoms with Crippen molar-refractivity contribution in [3.63, 3.8) is 0 Å². The second kappa shape index (κ2) is 9.58. The molecule has 0 radical (unpaired) electrons. The highest BCUT2D eigenvalue weighted by Crippen LogP contribution is 2.30. The maximum Gasteiger partial charge on any atom is 0.265 e. The molecular weight excluding hydrogens is 442 g/mol. The van der Waals surface area contributed by atoms with Crippen LogP contribution in [0.4, 0.5) is 0 Å². The van der Waals surface area contributed by atoms with Crippen LogP contribution in [0, 0.1) is 5.92 Å². The minimum absolute atomic E-state index is 0.129. The van der Waals surface area contributed by atoms with Crippen LogP contribution in [0.1, 0.15) is 41.8 Å². The van der Waals surface area contributed by atoms with Gasteiger partial charge >= 0.3 is 0 Å². The van der Waals surface area contributed by atoms with Crippen LogP contribution in [-0.2, 0) is 14.8 Å². The van der Waals surface area contributed by atoms with E-state index < -0.39 is 10.0 Å². The number of thioether (sulfide) groups is 1. The van der Waals surface area contributed by atoms with Gasteiger partial charge < -0.3 is 9.80 Å². The van der Waals surface area contributed by atoms with Gasteiger partial charge in [-0.3, -0.25) is 9.59 Å². The molecule has 1 saturated carbocycles. The van der Waals surface area contributed by atoms with E-state index in [1.165, 1.54) is 28.5 Å². The van der Waals surface area contributed by atoms with Gasteiger partial charge in [0, 0.05) is 57.2 Å². The molecule has 7 nitrogen and oxygen atoms in total. The number of rotatable bonds is 5. The Morgan fingerprint density at radius 1 is 0.967 bits per heavy atom. The smallest absolute Gasteiger partial charge is 0.265 e. The summed E-state index contributed by atoms with van der Waals surface area (Å²) in [6.07, 6.45) is 5.37. The summed E-state index contributed by atoms with van der Waals surface area (Å²) in [5, 5.41) is 1.68. The molecule has 0 bridgehead atoms. The summed E-state index contributed by atoms with van der Waals surface area (Å²) in [6.45, 7) is 2.92. The Bertz CT molecular complexity index is 866. The van der Waals surface area contributed by atoms with Gasteiger partial charge in [-0.25, -0.2) is 8.42 Å². The molecule has 4 rings (SSSR count). The first-order chi connectivity index (χ1) is 14.5. The highest BCUT2D eigenvalue weighted by Gasteiger charge is 2.34. The zero-order valence-electron chi connectivity index (χ0n) is 17.1. The van der Waals surface area contributed by atoms with Gasteiger partial charge in [-0.2, -0.15) is 16.1 Å². The summed E-state index contributed by atoms with van der Waals surface area (Å²) < 4.78 is 27.6. The second-order valence-corrected chi connectivity index (χ2v) is 12.2. The monoisotopic (exact) mass is 471 g/mol. The third kappa shape index (κ3) is 4.71. The lowest BCUT2D eigenvalue weighted by Gasteiger charge is -2.35. The van der Waals surface area contributed by atoms with Crippen LogP contribution in [0.15, 0.2) is 16.3 Å². The number of hydrogen-bond donors (Lipinski definition) is 0. The number of hydrogen-bond acceptors (Lipinski definition) is 6. The summed E-state index contributed by atoms with van der Waals surface area (Å²) in [4.78, 5) is 29.6. The van der Waals surface area contributed by atoms with Crippen molar-refractivity contribution in [1.82, 2.24) is 14.1 Å². The van der Waals surface area contributed by atoms with Crippen LogP contribution in [0.2, 0.25) is 0 Å². The number of nitrogens with zero attached hydrogens (tertiary/aromatic N) is 3. The van der Waals surface area contributed by atoms with E-state index in [0.29, 0.717) is 56.5 Å². The quantitative estimate of drug-likeness (QED) is 0.659. The molecule has 10 heteroatoms. The first-order valence-electron chi connectivity index (χ1n) is 10.7. The fourth-order valence-corrected chi connectivity index (χ4v) is 8.41. The van der Waals surface area contributed by atoms with Gasteiger partial charge in [-0.15, -0.1) is 11.3 Å². The average molecular weight is 472 g/mol. The molecule has 166 valence electrons. The van der Waals surface area contributed by atoms with Crippen molar-refractivity contribution in [1.29, 1.82) is 0 Å². The molecule has 3 heterocycles. The van der Waals surface area contributed by atoms with Gasteiger partial charge in [-0.05, 0) is 30.2 Å². The molecule has 0 aromatic carbocycles. The van der Waals surface area contributed by atoms with Crippen molar-refractivity contribution < 1.29 is 18.0 Å². The zero-order valence-corrected chi connectivity index (χ0v) is 19.6. The van der Waals surface area contributed by atoms with Crippen LogP contribution >= 0.6 is 23.1 Å². The Morgan fingerprint density at radius 2 is 1.60 bits per heavy atom. The van der Waals surface area contributed by atoms with E-state index in [9.17, 15) is 18.0 Å². The van der Waals surface area contributed by atoms with Crippen molar-refractivity contribution in [2.75, 3.05) is 50.8 Å². The zero-order chi connectivity index (χ0) is 21.1. The maximum absolute atomic E-state index is 13.1. The molecule has 1 aromatic heterocycles. The third-order valence-corrected chi connectivity index (χ3v) is 10.2. The lowest BCUT2D eigenvalue weighted by molar-refractivity contribution is -0.133. The second-order valence-electron chi connectivity index (χ2n) is 8.16. The Kier molecular flexibility index (Phi) is 7.06. The van der Waals surface area contributed by atoms with Crippen molar-refractivity contribution in [3.8, 4) is 0 Å². The molecule has 0 N–H and O–H groups in total. The van der Waals surface area contributed by atoms with E-state index in [4.69, 9.17) is 0 Å². The fourth-order valence-electron chi connectivity index (χ4n) is 4.48. The van der Waals surface area contributed by atoms with Crippen molar-refractivity contribution in [2.45, 2.75) is 37.0 Å². The highest BCUT2D eigenvalue weighted by molar-refractivity contribution is 7.99. The molecule has 2 aliphatic heterocycles. The van der Waals surface area contributed by atoms with E-state index >= 15 is 0 Å². The van der Waals surface area contributed by atoms with E-state index in [-0.39, 0.29) is 16.7 Å².